The molecule has 4 aromatic rings. The predicted molar refractivity (Wildman–Crippen MR) is 147 cm³/mol. The summed E-state index contributed by atoms with van der Waals surface area (Å²) in [6.07, 6.45) is 6.77. The van der Waals surface area contributed by atoms with Crippen molar-refractivity contribution in [1.29, 1.82) is 0 Å². The van der Waals surface area contributed by atoms with E-state index < -0.39 is 0 Å². The van der Waals surface area contributed by atoms with Crippen LogP contribution < -0.4 is 14.8 Å². The van der Waals surface area contributed by atoms with Crippen molar-refractivity contribution >= 4 is 23.1 Å². The zero-order valence-corrected chi connectivity index (χ0v) is 22.0. The number of hydrogen-bond donors (Lipinski definition) is 1. The quantitative estimate of drug-likeness (QED) is 0.314. The first-order valence-electron chi connectivity index (χ1n) is 12.9. The number of nitrogens with zero attached hydrogens (tertiary/aromatic N) is 2. The Morgan fingerprint density at radius 1 is 1.03 bits per heavy atom. The first-order chi connectivity index (χ1) is 18.2. The molecular formula is C30H31N3O3S. The van der Waals surface area contributed by atoms with Gasteiger partial charge in [0.05, 0.1) is 32.0 Å². The number of urea groups is 1. The number of ether oxygens (including phenoxy) is 2. The van der Waals surface area contributed by atoms with Crippen LogP contribution in [0.3, 0.4) is 0 Å². The topological polar surface area (TPSA) is 55.7 Å². The van der Waals surface area contributed by atoms with Gasteiger partial charge in [-0.15, -0.1) is 11.3 Å². The molecule has 0 radical (unpaired) electrons. The summed E-state index contributed by atoms with van der Waals surface area (Å²) in [5.41, 5.74) is 5.52. The molecule has 37 heavy (non-hydrogen) atoms. The second kappa shape index (κ2) is 9.98. The number of thiophene rings is 1. The minimum absolute atomic E-state index is 0.142. The van der Waals surface area contributed by atoms with Gasteiger partial charge in [0.15, 0.2) is 0 Å². The molecule has 7 heteroatoms. The lowest BCUT2D eigenvalue weighted by molar-refractivity contribution is 0.194. The van der Waals surface area contributed by atoms with E-state index in [1.807, 2.05) is 59.6 Å². The molecule has 190 valence electrons. The average Bonchev–Trinajstić information content (AvgIpc) is 3.51. The van der Waals surface area contributed by atoms with Crippen LogP contribution in [0.15, 0.2) is 66.9 Å². The van der Waals surface area contributed by atoms with Crippen molar-refractivity contribution in [3.05, 3.63) is 94.1 Å². The fraction of sp³-hybridized carbons (Fsp3) is 0.300. The molecule has 3 heterocycles. The lowest BCUT2D eigenvalue weighted by atomic mass is 9.95. The van der Waals surface area contributed by atoms with Crippen molar-refractivity contribution in [2.75, 3.05) is 19.0 Å². The van der Waals surface area contributed by atoms with Crippen LogP contribution in [-0.2, 0) is 19.4 Å². The van der Waals surface area contributed by atoms with Gasteiger partial charge in [-0.2, -0.15) is 0 Å². The minimum Gasteiger partial charge on any atom is -0.497 e. The van der Waals surface area contributed by atoms with Crippen LogP contribution in [0, 0.1) is 0 Å². The van der Waals surface area contributed by atoms with Crippen molar-refractivity contribution in [3.63, 3.8) is 0 Å². The molecule has 6 nitrogen and oxygen atoms in total. The van der Waals surface area contributed by atoms with Crippen molar-refractivity contribution in [2.24, 2.45) is 0 Å². The van der Waals surface area contributed by atoms with Gasteiger partial charge in [0.25, 0.3) is 0 Å². The molecule has 2 aliphatic rings. The van der Waals surface area contributed by atoms with E-state index in [1.54, 1.807) is 7.11 Å². The first-order valence-corrected chi connectivity index (χ1v) is 13.7. The molecule has 1 aliphatic carbocycles. The Kier molecular flexibility index (Phi) is 6.38. The number of benzene rings is 2. The maximum atomic E-state index is 14.1. The van der Waals surface area contributed by atoms with Crippen LogP contribution >= 0.6 is 11.3 Å². The second-order valence-electron chi connectivity index (χ2n) is 9.50. The maximum Gasteiger partial charge on any atom is 0.322 e. The molecule has 0 bridgehead atoms. The Morgan fingerprint density at radius 2 is 1.86 bits per heavy atom. The van der Waals surface area contributed by atoms with Crippen molar-refractivity contribution < 1.29 is 14.3 Å². The third kappa shape index (κ3) is 4.37. The number of fused-ring (bicyclic) bond motifs is 5. The van der Waals surface area contributed by atoms with Gasteiger partial charge in [-0.25, -0.2) is 4.79 Å². The molecule has 2 amide bonds. The molecule has 1 atom stereocenters. The van der Waals surface area contributed by atoms with E-state index in [4.69, 9.17) is 9.47 Å². The predicted octanol–water partition coefficient (Wildman–Crippen LogP) is 6.96. The molecule has 2 aromatic heterocycles. The molecule has 0 fully saturated rings. The minimum atomic E-state index is -0.278. The number of anilines is 1. The van der Waals surface area contributed by atoms with E-state index in [0.717, 1.165) is 29.8 Å². The average molecular weight is 514 g/mol. The van der Waals surface area contributed by atoms with Gasteiger partial charge < -0.3 is 24.3 Å². The number of nitrogens with one attached hydrogen (secondary N) is 1. The number of carbonyl (C=O) groups is 1. The summed E-state index contributed by atoms with van der Waals surface area (Å²) < 4.78 is 13.5. The number of hydrogen-bond acceptors (Lipinski definition) is 4. The van der Waals surface area contributed by atoms with Gasteiger partial charge in [0, 0.05) is 28.4 Å². The summed E-state index contributed by atoms with van der Waals surface area (Å²) in [5.74, 6) is 1.51. The van der Waals surface area contributed by atoms with Crippen LogP contribution in [0.4, 0.5) is 10.5 Å². The van der Waals surface area contributed by atoms with Crippen LogP contribution in [0.5, 0.6) is 11.5 Å². The van der Waals surface area contributed by atoms with E-state index in [1.165, 1.54) is 33.8 Å². The van der Waals surface area contributed by atoms with Crippen LogP contribution in [0.1, 0.15) is 53.1 Å². The summed E-state index contributed by atoms with van der Waals surface area (Å²) in [7, 11) is 1.63. The van der Waals surface area contributed by atoms with E-state index >= 15 is 0 Å². The lowest BCUT2D eigenvalue weighted by Gasteiger charge is -2.31. The smallest absolute Gasteiger partial charge is 0.322 e. The number of methoxy groups -OCH3 is 1. The fourth-order valence-corrected chi connectivity index (χ4v) is 6.98. The van der Waals surface area contributed by atoms with Gasteiger partial charge in [-0.3, -0.25) is 0 Å². The molecule has 1 N–H and O–H groups in total. The van der Waals surface area contributed by atoms with Gasteiger partial charge in [-0.05, 0) is 80.1 Å². The van der Waals surface area contributed by atoms with Crippen molar-refractivity contribution in [3.8, 4) is 16.5 Å². The molecule has 0 saturated heterocycles. The highest BCUT2D eigenvalue weighted by atomic mass is 32.1. The third-order valence-corrected chi connectivity index (χ3v) is 8.58. The van der Waals surface area contributed by atoms with E-state index in [0.29, 0.717) is 24.6 Å². The number of carbonyl (C=O) groups excluding carboxylic acids is 1. The van der Waals surface area contributed by atoms with Gasteiger partial charge in [-0.1, -0.05) is 18.2 Å². The standard InChI is InChI=1S/C30H31N3O3S/c1-3-36-23-12-6-9-20(17-23)28-26-14-8-16-32(26)29-25(24-13-4-5-15-27(24)37-29)19-33(28)30(34)31-21-10-7-11-22(18-21)35-2/h6-12,14,16-18,28H,3-5,13,15,19H2,1-2H3,(H,31,34)/t28-/m0/s1. The fourth-order valence-electron chi connectivity index (χ4n) is 5.57. The second-order valence-corrected chi connectivity index (χ2v) is 10.6. The zero-order valence-electron chi connectivity index (χ0n) is 21.2. The largest absolute Gasteiger partial charge is 0.497 e. The number of amides is 2. The SMILES string of the molecule is CCOc1cccc([C@H]2c3cccn3-c3sc4c(c3CN2C(=O)Nc2cccc(OC)c2)CCCC4)c1. The summed E-state index contributed by atoms with van der Waals surface area (Å²) in [6, 6.07) is 19.4. The van der Waals surface area contributed by atoms with Crippen LogP contribution in [0.25, 0.3) is 5.00 Å². The van der Waals surface area contributed by atoms with E-state index in [2.05, 4.69) is 40.3 Å². The Bertz CT molecular complexity index is 1440. The lowest BCUT2D eigenvalue weighted by Crippen LogP contribution is -2.38. The van der Waals surface area contributed by atoms with Crippen LogP contribution in [-0.4, -0.2) is 29.2 Å². The number of rotatable bonds is 5. The summed E-state index contributed by atoms with van der Waals surface area (Å²) in [6.45, 7) is 3.12. The Balaban J connectivity index is 1.48. The van der Waals surface area contributed by atoms with Crippen LogP contribution in [0.2, 0.25) is 0 Å². The number of aromatic nitrogens is 1. The van der Waals surface area contributed by atoms with E-state index in [-0.39, 0.29) is 12.1 Å². The zero-order chi connectivity index (χ0) is 25.4. The highest BCUT2D eigenvalue weighted by Gasteiger charge is 2.36. The van der Waals surface area contributed by atoms with Crippen molar-refractivity contribution in [1.82, 2.24) is 9.47 Å². The Morgan fingerprint density at radius 3 is 2.73 bits per heavy atom. The third-order valence-electron chi connectivity index (χ3n) is 7.25. The molecule has 0 spiro atoms. The van der Waals surface area contributed by atoms with Crippen molar-refractivity contribution in [2.45, 2.75) is 45.2 Å². The highest BCUT2D eigenvalue weighted by Crippen LogP contribution is 2.44. The molecule has 0 saturated carbocycles. The molecule has 2 aromatic carbocycles. The summed E-state index contributed by atoms with van der Waals surface area (Å²) >= 11 is 1.89. The summed E-state index contributed by atoms with van der Waals surface area (Å²) in [5, 5.41) is 4.39. The van der Waals surface area contributed by atoms with Gasteiger partial charge in [0.2, 0.25) is 0 Å². The highest BCUT2D eigenvalue weighted by molar-refractivity contribution is 7.15. The normalized spacial score (nSPS) is 16.3. The first kappa shape index (κ1) is 23.7. The molecular weight excluding hydrogens is 482 g/mol. The molecule has 1 aliphatic heterocycles. The van der Waals surface area contributed by atoms with Gasteiger partial charge >= 0.3 is 6.03 Å². The monoisotopic (exact) mass is 513 g/mol. The Labute approximate surface area is 221 Å². The van der Waals surface area contributed by atoms with E-state index in [9.17, 15) is 4.79 Å². The Hall–Kier alpha value is -3.71. The summed E-state index contributed by atoms with van der Waals surface area (Å²) in [4.78, 5) is 17.5. The molecule has 0 unspecified atom stereocenters. The molecule has 6 rings (SSSR count). The van der Waals surface area contributed by atoms with Gasteiger partial charge in [0.1, 0.15) is 16.5 Å². The maximum absolute atomic E-state index is 14.1. The number of aryl methyl sites for hydroxylation is 1.